The Labute approximate surface area is 135 Å². The first kappa shape index (κ1) is 15.7. The molecule has 2 rings (SSSR count). The van der Waals surface area contributed by atoms with Crippen LogP contribution in [0.15, 0.2) is 45.3 Å². The average molecular weight is 401 g/mol. The highest BCUT2D eigenvalue weighted by atomic mass is 79.9. The lowest BCUT2D eigenvalue weighted by Gasteiger charge is -2.21. The van der Waals surface area contributed by atoms with Crippen LogP contribution < -0.4 is 5.32 Å². The minimum Gasteiger partial charge on any atom is -0.306 e. The van der Waals surface area contributed by atoms with Crippen molar-refractivity contribution in [1.29, 1.82) is 0 Å². The van der Waals surface area contributed by atoms with Crippen LogP contribution in [0, 0.1) is 12.7 Å². The largest absolute Gasteiger partial charge is 0.306 e. The molecule has 1 nitrogen and oxygen atoms in total. The summed E-state index contributed by atoms with van der Waals surface area (Å²) in [5.74, 6) is -0.202. The summed E-state index contributed by atoms with van der Waals surface area (Å²) in [6, 6.07) is 11.0. The number of nitrogens with one attached hydrogen (secondary N) is 1. The molecule has 0 amide bonds. The summed E-state index contributed by atoms with van der Waals surface area (Å²) >= 11 is 7.00. The second-order valence-electron chi connectivity index (χ2n) is 4.68. The summed E-state index contributed by atoms with van der Waals surface area (Å²) in [5.41, 5.74) is 2.85. The highest BCUT2D eigenvalue weighted by molar-refractivity contribution is 9.10. The molecule has 0 fully saturated rings. The molecule has 20 heavy (non-hydrogen) atoms. The van der Waals surface area contributed by atoms with Gasteiger partial charge in [-0.25, -0.2) is 4.39 Å². The number of rotatable bonds is 4. The molecule has 1 atom stereocenters. The molecule has 1 N–H and O–H groups in total. The van der Waals surface area contributed by atoms with Crippen molar-refractivity contribution < 1.29 is 4.39 Å². The van der Waals surface area contributed by atoms with Crippen LogP contribution in [0.4, 0.5) is 4.39 Å². The van der Waals surface area contributed by atoms with Gasteiger partial charge in [0.05, 0.1) is 6.04 Å². The molecule has 0 aliphatic heterocycles. The number of benzene rings is 2. The van der Waals surface area contributed by atoms with Gasteiger partial charge >= 0.3 is 0 Å². The fourth-order valence-electron chi connectivity index (χ4n) is 2.19. The summed E-state index contributed by atoms with van der Waals surface area (Å²) in [6.07, 6.45) is 0. The maximum atomic E-state index is 14.2. The molecule has 0 aromatic heterocycles. The molecule has 1 unspecified atom stereocenters. The van der Waals surface area contributed by atoms with Crippen molar-refractivity contribution in [3.8, 4) is 0 Å². The number of hydrogen-bond donors (Lipinski definition) is 1. The highest BCUT2D eigenvalue weighted by Gasteiger charge is 2.19. The van der Waals surface area contributed by atoms with Crippen molar-refractivity contribution in [3.05, 3.63) is 67.9 Å². The van der Waals surface area contributed by atoms with E-state index in [2.05, 4.69) is 43.2 Å². The van der Waals surface area contributed by atoms with Gasteiger partial charge in [-0.05, 0) is 48.9 Å². The van der Waals surface area contributed by atoms with Crippen LogP contribution in [0.1, 0.15) is 29.7 Å². The molecular formula is C16H16Br2FN. The SMILES string of the molecule is CCNC(c1cc(Br)ccc1F)c1ccc(C)cc1Br. The maximum Gasteiger partial charge on any atom is 0.128 e. The van der Waals surface area contributed by atoms with E-state index in [0.717, 1.165) is 21.1 Å². The monoisotopic (exact) mass is 399 g/mol. The Kier molecular flexibility index (Phi) is 5.35. The Bertz CT molecular complexity index is 613. The quantitative estimate of drug-likeness (QED) is 0.728. The third-order valence-corrected chi connectivity index (χ3v) is 4.32. The first-order chi connectivity index (χ1) is 9.52. The molecule has 0 saturated carbocycles. The Balaban J connectivity index is 2.53. The first-order valence-electron chi connectivity index (χ1n) is 6.47. The van der Waals surface area contributed by atoms with Crippen LogP contribution in [0.2, 0.25) is 0 Å². The van der Waals surface area contributed by atoms with Crippen molar-refractivity contribution in [2.45, 2.75) is 19.9 Å². The Morgan fingerprint density at radius 2 is 1.85 bits per heavy atom. The van der Waals surface area contributed by atoms with E-state index in [1.54, 1.807) is 6.07 Å². The van der Waals surface area contributed by atoms with E-state index in [-0.39, 0.29) is 11.9 Å². The number of aryl methyl sites for hydroxylation is 1. The third-order valence-electron chi connectivity index (χ3n) is 3.14. The zero-order valence-corrected chi connectivity index (χ0v) is 14.6. The fourth-order valence-corrected chi connectivity index (χ4v) is 3.29. The van der Waals surface area contributed by atoms with Crippen molar-refractivity contribution in [1.82, 2.24) is 5.32 Å². The molecule has 106 valence electrons. The van der Waals surface area contributed by atoms with Gasteiger partial charge in [0.1, 0.15) is 5.82 Å². The summed E-state index contributed by atoms with van der Waals surface area (Å²) in [5, 5.41) is 3.35. The van der Waals surface area contributed by atoms with Gasteiger partial charge in [-0.3, -0.25) is 0 Å². The van der Waals surface area contributed by atoms with Gasteiger partial charge in [-0.1, -0.05) is 50.9 Å². The highest BCUT2D eigenvalue weighted by Crippen LogP contribution is 2.32. The topological polar surface area (TPSA) is 12.0 Å². The minimum atomic E-state index is -0.202. The Morgan fingerprint density at radius 3 is 2.50 bits per heavy atom. The van der Waals surface area contributed by atoms with Crippen LogP contribution in [0.3, 0.4) is 0 Å². The van der Waals surface area contributed by atoms with E-state index in [1.165, 1.54) is 11.6 Å². The van der Waals surface area contributed by atoms with Gasteiger partial charge in [-0.2, -0.15) is 0 Å². The minimum absolute atomic E-state index is 0.174. The Morgan fingerprint density at radius 1 is 1.10 bits per heavy atom. The molecule has 0 spiro atoms. The molecule has 0 saturated heterocycles. The predicted octanol–water partition coefficient (Wildman–Crippen LogP) is 5.36. The van der Waals surface area contributed by atoms with Gasteiger partial charge in [0, 0.05) is 14.5 Å². The zero-order valence-electron chi connectivity index (χ0n) is 11.4. The van der Waals surface area contributed by atoms with Crippen molar-refractivity contribution >= 4 is 31.9 Å². The van der Waals surface area contributed by atoms with Gasteiger partial charge in [-0.15, -0.1) is 0 Å². The average Bonchev–Trinajstić information content (AvgIpc) is 2.40. The molecule has 0 aliphatic rings. The smallest absolute Gasteiger partial charge is 0.128 e. The summed E-state index contributed by atoms with van der Waals surface area (Å²) in [6.45, 7) is 4.82. The first-order valence-corrected chi connectivity index (χ1v) is 8.06. The molecule has 2 aromatic carbocycles. The van der Waals surface area contributed by atoms with Crippen LogP contribution in [-0.4, -0.2) is 6.54 Å². The van der Waals surface area contributed by atoms with E-state index in [0.29, 0.717) is 5.56 Å². The standard InChI is InChI=1S/C16H16Br2FN/c1-3-20-16(12-6-4-10(2)8-14(12)18)13-9-11(17)5-7-15(13)19/h4-9,16,20H,3H2,1-2H3. The van der Waals surface area contributed by atoms with Crippen molar-refractivity contribution in [2.24, 2.45) is 0 Å². The van der Waals surface area contributed by atoms with Gasteiger partial charge in [0.2, 0.25) is 0 Å². The molecule has 0 bridgehead atoms. The van der Waals surface area contributed by atoms with Crippen LogP contribution in [-0.2, 0) is 0 Å². The normalized spacial score (nSPS) is 12.4. The second-order valence-corrected chi connectivity index (χ2v) is 6.45. The van der Waals surface area contributed by atoms with Crippen LogP contribution in [0.25, 0.3) is 0 Å². The zero-order chi connectivity index (χ0) is 14.7. The maximum absolute atomic E-state index is 14.2. The second kappa shape index (κ2) is 6.83. The van der Waals surface area contributed by atoms with Crippen LogP contribution >= 0.6 is 31.9 Å². The van der Waals surface area contributed by atoms with Gasteiger partial charge < -0.3 is 5.32 Å². The molecule has 0 heterocycles. The van der Waals surface area contributed by atoms with Crippen molar-refractivity contribution in [3.63, 3.8) is 0 Å². The predicted molar refractivity (Wildman–Crippen MR) is 88.5 cm³/mol. The van der Waals surface area contributed by atoms with Crippen LogP contribution in [0.5, 0.6) is 0 Å². The van der Waals surface area contributed by atoms with E-state index in [4.69, 9.17) is 0 Å². The number of halogens is 3. The van der Waals surface area contributed by atoms with Gasteiger partial charge in [0.15, 0.2) is 0 Å². The molecule has 0 aliphatic carbocycles. The Hall–Kier alpha value is -0.710. The van der Waals surface area contributed by atoms with E-state index >= 15 is 0 Å². The lowest BCUT2D eigenvalue weighted by atomic mass is 9.97. The molecule has 4 heteroatoms. The van der Waals surface area contributed by atoms with E-state index in [9.17, 15) is 4.39 Å². The van der Waals surface area contributed by atoms with E-state index < -0.39 is 0 Å². The fraction of sp³-hybridized carbons (Fsp3) is 0.250. The third kappa shape index (κ3) is 3.48. The lowest BCUT2D eigenvalue weighted by molar-refractivity contribution is 0.557. The van der Waals surface area contributed by atoms with E-state index in [1.807, 2.05) is 32.0 Å². The lowest BCUT2D eigenvalue weighted by Crippen LogP contribution is -2.23. The summed E-state index contributed by atoms with van der Waals surface area (Å²) in [4.78, 5) is 0. The summed E-state index contributed by atoms with van der Waals surface area (Å²) in [7, 11) is 0. The summed E-state index contributed by atoms with van der Waals surface area (Å²) < 4.78 is 16.0. The molecular weight excluding hydrogens is 385 g/mol. The van der Waals surface area contributed by atoms with Crippen molar-refractivity contribution in [2.75, 3.05) is 6.54 Å². The molecule has 0 radical (unpaired) electrons. The number of hydrogen-bond acceptors (Lipinski definition) is 1. The molecule has 2 aromatic rings. The van der Waals surface area contributed by atoms with Gasteiger partial charge in [0.25, 0.3) is 0 Å².